The number of benzene rings is 2. The molecule has 2 aromatic carbocycles. The van der Waals surface area contributed by atoms with Crippen LogP contribution in [0.2, 0.25) is 0 Å². The maximum atomic E-state index is 13.0. The molecule has 7 heteroatoms. The Hall–Kier alpha value is -3.22. The van der Waals surface area contributed by atoms with Crippen molar-refractivity contribution in [3.63, 3.8) is 0 Å². The molecule has 30 heavy (non-hydrogen) atoms. The smallest absolute Gasteiger partial charge is 0.251 e. The summed E-state index contributed by atoms with van der Waals surface area (Å²) in [5, 5.41) is 5.49. The van der Waals surface area contributed by atoms with Crippen molar-refractivity contribution in [2.45, 2.75) is 25.8 Å². The number of nitrogens with zero attached hydrogens (tertiary/aromatic N) is 1. The molecule has 2 aromatic rings. The van der Waals surface area contributed by atoms with E-state index < -0.39 is 0 Å². The van der Waals surface area contributed by atoms with Gasteiger partial charge in [0.15, 0.2) is 0 Å². The van der Waals surface area contributed by atoms with Crippen LogP contribution in [0.4, 0.5) is 4.39 Å². The SMILES string of the molecule is CNC(=O)c1ccc(CNC(=O)C2CCCN(C(=O)Cc3ccc(F)cc3)C2)cc1. The molecule has 0 spiro atoms. The van der Waals surface area contributed by atoms with Crippen LogP contribution in [-0.2, 0) is 22.6 Å². The largest absolute Gasteiger partial charge is 0.355 e. The van der Waals surface area contributed by atoms with E-state index >= 15 is 0 Å². The quantitative estimate of drug-likeness (QED) is 0.766. The topological polar surface area (TPSA) is 78.5 Å². The number of carbonyl (C=O) groups excluding carboxylic acids is 3. The van der Waals surface area contributed by atoms with Gasteiger partial charge in [0, 0.05) is 32.2 Å². The molecular formula is C23H26FN3O3. The highest BCUT2D eigenvalue weighted by molar-refractivity contribution is 5.94. The summed E-state index contributed by atoms with van der Waals surface area (Å²) in [6.07, 6.45) is 1.71. The van der Waals surface area contributed by atoms with E-state index in [1.165, 1.54) is 12.1 Å². The van der Waals surface area contributed by atoms with Crippen molar-refractivity contribution >= 4 is 17.7 Å². The summed E-state index contributed by atoms with van der Waals surface area (Å²) in [6, 6.07) is 13.0. The molecule has 1 aliphatic rings. The van der Waals surface area contributed by atoms with E-state index in [4.69, 9.17) is 0 Å². The molecule has 1 fully saturated rings. The van der Waals surface area contributed by atoms with Crippen LogP contribution in [0.3, 0.4) is 0 Å². The molecule has 1 atom stereocenters. The van der Waals surface area contributed by atoms with Gasteiger partial charge < -0.3 is 15.5 Å². The van der Waals surface area contributed by atoms with Crippen LogP contribution >= 0.6 is 0 Å². The number of nitrogens with one attached hydrogen (secondary N) is 2. The van der Waals surface area contributed by atoms with E-state index in [0.29, 0.717) is 25.2 Å². The molecule has 3 rings (SSSR count). The van der Waals surface area contributed by atoms with Crippen LogP contribution in [0.15, 0.2) is 48.5 Å². The third kappa shape index (κ3) is 5.65. The van der Waals surface area contributed by atoms with E-state index in [9.17, 15) is 18.8 Å². The van der Waals surface area contributed by atoms with Crippen LogP contribution in [-0.4, -0.2) is 42.8 Å². The van der Waals surface area contributed by atoms with Gasteiger partial charge in [-0.1, -0.05) is 24.3 Å². The Kier molecular flexibility index (Phi) is 7.17. The summed E-state index contributed by atoms with van der Waals surface area (Å²) in [6.45, 7) is 1.39. The van der Waals surface area contributed by atoms with Crippen molar-refractivity contribution < 1.29 is 18.8 Å². The molecule has 1 heterocycles. The number of piperidine rings is 1. The van der Waals surface area contributed by atoms with Gasteiger partial charge in [-0.2, -0.15) is 0 Å². The van der Waals surface area contributed by atoms with E-state index in [0.717, 1.165) is 24.0 Å². The van der Waals surface area contributed by atoms with Crippen LogP contribution in [0.5, 0.6) is 0 Å². The third-order valence-electron chi connectivity index (χ3n) is 5.32. The van der Waals surface area contributed by atoms with Crippen LogP contribution in [0.1, 0.15) is 34.3 Å². The summed E-state index contributed by atoms with van der Waals surface area (Å²) < 4.78 is 13.0. The Morgan fingerprint density at radius 3 is 2.37 bits per heavy atom. The van der Waals surface area contributed by atoms with E-state index in [1.54, 1.807) is 36.2 Å². The predicted molar refractivity (Wildman–Crippen MR) is 111 cm³/mol. The fraction of sp³-hybridized carbons (Fsp3) is 0.348. The standard InChI is InChI=1S/C23H26FN3O3/c1-25-22(29)18-8-4-17(5-9-18)14-26-23(30)19-3-2-12-27(15-19)21(28)13-16-6-10-20(24)11-7-16/h4-11,19H,2-3,12-15H2,1H3,(H,25,29)(H,26,30). The van der Waals surface area contributed by atoms with E-state index in [1.807, 2.05) is 12.1 Å². The van der Waals surface area contributed by atoms with Crippen molar-refractivity contribution in [1.82, 2.24) is 15.5 Å². The lowest BCUT2D eigenvalue weighted by molar-refractivity contribution is -0.135. The molecular weight excluding hydrogens is 385 g/mol. The summed E-state index contributed by atoms with van der Waals surface area (Å²) in [7, 11) is 1.58. The van der Waals surface area contributed by atoms with Gasteiger partial charge in [0.25, 0.3) is 5.91 Å². The number of carbonyl (C=O) groups is 3. The first-order valence-electron chi connectivity index (χ1n) is 10.1. The van der Waals surface area contributed by atoms with Crippen molar-refractivity contribution in [3.05, 3.63) is 71.0 Å². The molecule has 0 aromatic heterocycles. The highest BCUT2D eigenvalue weighted by Crippen LogP contribution is 2.18. The number of halogens is 1. The van der Waals surface area contributed by atoms with Crippen LogP contribution in [0, 0.1) is 11.7 Å². The summed E-state index contributed by atoms with van der Waals surface area (Å²) in [4.78, 5) is 38.5. The molecule has 0 bridgehead atoms. The molecule has 0 aliphatic carbocycles. The Bertz CT molecular complexity index is 897. The normalized spacial score (nSPS) is 16.1. The highest BCUT2D eigenvalue weighted by Gasteiger charge is 2.28. The van der Waals surface area contributed by atoms with Gasteiger partial charge in [-0.15, -0.1) is 0 Å². The molecule has 1 aliphatic heterocycles. The summed E-state index contributed by atoms with van der Waals surface area (Å²) >= 11 is 0. The monoisotopic (exact) mass is 411 g/mol. The van der Waals surface area contributed by atoms with E-state index in [2.05, 4.69) is 10.6 Å². The Labute approximate surface area is 175 Å². The molecule has 158 valence electrons. The first kappa shape index (κ1) is 21.5. The third-order valence-corrected chi connectivity index (χ3v) is 5.32. The number of amides is 3. The molecule has 0 saturated carbocycles. The van der Waals surface area contributed by atoms with Gasteiger partial charge in [0.05, 0.1) is 12.3 Å². The lowest BCUT2D eigenvalue weighted by Crippen LogP contribution is -2.45. The number of hydrogen-bond donors (Lipinski definition) is 2. The second kappa shape index (κ2) is 10.0. The van der Waals surface area contributed by atoms with Crippen molar-refractivity contribution in [1.29, 1.82) is 0 Å². The average Bonchev–Trinajstić information content (AvgIpc) is 2.78. The zero-order valence-corrected chi connectivity index (χ0v) is 17.0. The first-order chi connectivity index (χ1) is 14.5. The predicted octanol–water partition coefficient (Wildman–Crippen LogP) is 2.28. The molecule has 0 radical (unpaired) electrons. The zero-order chi connectivity index (χ0) is 21.5. The van der Waals surface area contributed by atoms with Crippen molar-refractivity contribution in [2.75, 3.05) is 20.1 Å². The molecule has 1 saturated heterocycles. The Morgan fingerprint density at radius 2 is 1.70 bits per heavy atom. The molecule has 1 unspecified atom stereocenters. The van der Waals surface area contributed by atoms with Crippen molar-refractivity contribution in [3.8, 4) is 0 Å². The second-order valence-electron chi connectivity index (χ2n) is 7.48. The van der Waals surface area contributed by atoms with Crippen LogP contribution in [0.25, 0.3) is 0 Å². The van der Waals surface area contributed by atoms with Gasteiger partial charge in [-0.25, -0.2) is 4.39 Å². The molecule has 6 nitrogen and oxygen atoms in total. The molecule has 3 amide bonds. The van der Waals surface area contributed by atoms with Gasteiger partial charge in [0.1, 0.15) is 5.82 Å². The molecule has 2 N–H and O–H groups in total. The van der Waals surface area contributed by atoms with E-state index in [-0.39, 0.29) is 35.9 Å². The Morgan fingerprint density at radius 1 is 1.03 bits per heavy atom. The zero-order valence-electron chi connectivity index (χ0n) is 17.0. The van der Waals surface area contributed by atoms with Crippen LogP contribution < -0.4 is 10.6 Å². The number of rotatable bonds is 6. The van der Waals surface area contributed by atoms with Gasteiger partial charge in [0.2, 0.25) is 11.8 Å². The highest BCUT2D eigenvalue weighted by atomic mass is 19.1. The second-order valence-corrected chi connectivity index (χ2v) is 7.48. The van der Waals surface area contributed by atoms with Gasteiger partial charge >= 0.3 is 0 Å². The lowest BCUT2D eigenvalue weighted by Gasteiger charge is -2.32. The fourth-order valence-electron chi connectivity index (χ4n) is 3.56. The minimum absolute atomic E-state index is 0.0519. The minimum atomic E-state index is -0.329. The number of hydrogen-bond acceptors (Lipinski definition) is 3. The first-order valence-corrected chi connectivity index (χ1v) is 10.1. The maximum absolute atomic E-state index is 13.0. The lowest BCUT2D eigenvalue weighted by atomic mass is 9.96. The summed E-state index contributed by atoms with van der Waals surface area (Å²) in [5.74, 6) is -0.864. The maximum Gasteiger partial charge on any atom is 0.251 e. The van der Waals surface area contributed by atoms with Crippen molar-refractivity contribution in [2.24, 2.45) is 5.92 Å². The summed E-state index contributed by atoms with van der Waals surface area (Å²) in [5.41, 5.74) is 2.22. The van der Waals surface area contributed by atoms with Gasteiger partial charge in [-0.05, 0) is 48.2 Å². The number of likely N-dealkylation sites (tertiary alicyclic amines) is 1. The average molecular weight is 411 g/mol. The minimum Gasteiger partial charge on any atom is -0.355 e. The fourth-order valence-corrected chi connectivity index (χ4v) is 3.56. The Balaban J connectivity index is 1.50. The van der Waals surface area contributed by atoms with Gasteiger partial charge in [-0.3, -0.25) is 14.4 Å².